The van der Waals surface area contributed by atoms with Gasteiger partial charge < -0.3 is 15.9 Å². The standard InChI is InChI=1S/C10H11NO4S2/c11-7(10(14)15)5-16-17-8-4-2-1-3-6(8)9(12)13/h1-4,7H,5,11H2,(H,12,13)(H,14,15)/t7-/m1/s1. The SMILES string of the molecule is N[C@H](CSSc1ccccc1C(=O)O)C(=O)O. The van der Waals surface area contributed by atoms with Gasteiger partial charge in [-0.25, -0.2) is 4.79 Å². The quantitative estimate of drug-likeness (QED) is 0.676. The van der Waals surface area contributed by atoms with Crippen LogP contribution in [0.4, 0.5) is 0 Å². The lowest BCUT2D eigenvalue weighted by Gasteiger charge is -2.07. The number of nitrogens with two attached hydrogens (primary N) is 1. The van der Waals surface area contributed by atoms with Gasteiger partial charge in [0.2, 0.25) is 0 Å². The summed E-state index contributed by atoms with van der Waals surface area (Å²) in [7, 11) is 2.44. The second kappa shape index (κ2) is 6.53. The molecule has 4 N–H and O–H groups in total. The normalized spacial score (nSPS) is 12.1. The number of carboxylic acids is 2. The van der Waals surface area contributed by atoms with Gasteiger partial charge in [0.15, 0.2) is 0 Å². The summed E-state index contributed by atoms with van der Waals surface area (Å²) in [5.74, 6) is -1.85. The maximum atomic E-state index is 10.9. The molecule has 0 spiro atoms. The fourth-order valence-electron chi connectivity index (χ4n) is 0.958. The van der Waals surface area contributed by atoms with Crippen molar-refractivity contribution in [1.82, 2.24) is 0 Å². The smallest absolute Gasteiger partial charge is 0.336 e. The number of hydrogen-bond acceptors (Lipinski definition) is 5. The maximum Gasteiger partial charge on any atom is 0.336 e. The van der Waals surface area contributed by atoms with E-state index in [1.807, 2.05) is 0 Å². The molecule has 7 heteroatoms. The predicted molar refractivity (Wildman–Crippen MR) is 67.3 cm³/mol. The molecule has 0 bridgehead atoms. The topological polar surface area (TPSA) is 101 Å². The Labute approximate surface area is 106 Å². The van der Waals surface area contributed by atoms with Crippen LogP contribution in [0.2, 0.25) is 0 Å². The van der Waals surface area contributed by atoms with Crippen molar-refractivity contribution in [1.29, 1.82) is 0 Å². The summed E-state index contributed by atoms with van der Waals surface area (Å²) in [5.41, 5.74) is 5.53. The Morgan fingerprint density at radius 1 is 1.29 bits per heavy atom. The molecule has 0 saturated carbocycles. The molecule has 0 unspecified atom stereocenters. The number of carboxylic acid groups (broad SMARTS) is 2. The van der Waals surface area contributed by atoms with Crippen LogP contribution in [-0.4, -0.2) is 33.9 Å². The first kappa shape index (κ1) is 13.9. The first-order chi connectivity index (χ1) is 8.02. The van der Waals surface area contributed by atoms with Crippen LogP contribution in [0, 0.1) is 0 Å². The van der Waals surface area contributed by atoms with Crippen molar-refractivity contribution in [3.05, 3.63) is 29.8 Å². The van der Waals surface area contributed by atoms with Gasteiger partial charge in [0.25, 0.3) is 0 Å². The first-order valence-electron chi connectivity index (χ1n) is 4.62. The fraction of sp³-hybridized carbons (Fsp3) is 0.200. The van der Waals surface area contributed by atoms with Crippen molar-refractivity contribution in [3.63, 3.8) is 0 Å². The Bertz CT molecular complexity index is 425. The van der Waals surface area contributed by atoms with E-state index in [9.17, 15) is 9.59 Å². The zero-order valence-electron chi connectivity index (χ0n) is 8.70. The predicted octanol–water partition coefficient (Wildman–Crippen LogP) is 1.54. The minimum atomic E-state index is -1.07. The molecule has 5 nitrogen and oxygen atoms in total. The van der Waals surface area contributed by atoms with Gasteiger partial charge in [-0.3, -0.25) is 4.79 Å². The molecule has 17 heavy (non-hydrogen) atoms. The number of rotatable bonds is 6. The van der Waals surface area contributed by atoms with Gasteiger partial charge in [0.1, 0.15) is 6.04 Å². The van der Waals surface area contributed by atoms with Crippen LogP contribution < -0.4 is 5.73 Å². The number of aromatic carboxylic acids is 1. The molecule has 0 aromatic heterocycles. The van der Waals surface area contributed by atoms with Gasteiger partial charge in [-0.2, -0.15) is 0 Å². The summed E-state index contributed by atoms with van der Waals surface area (Å²) in [6, 6.07) is 5.60. The van der Waals surface area contributed by atoms with Crippen LogP contribution in [0.5, 0.6) is 0 Å². The molecule has 0 radical (unpaired) electrons. The van der Waals surface area contributed by atoms with E-state index in [-0.39, 0.29) is 11.3 Å². The Hall–Kier alpha value is -1.18. The molecule has 0 aliphatic carbocycles. The molecule has 1 atom stereocenters. The summed E-state index contributed by atoms with van der Waals surface area (Å²) in [6.07, 6.45) is 0. The van der Waals surface area contributed by atoms with Crippen molar-refractivity contribution in [2.75, 3.05) is 5.75 Å². The average Bonchev–Trinajstić information content (AvgIpc) is 2.29. The zero-order valence-corrected chi connectivity index (χ0v) is 10.3. The van der Waals surface area contributed by atoms with E-state index in [0.717, 1.165) is 0 Å². The third-order valence-corrected chi connectivity index (χ3v) is 4.28. The second-order valence-corrected chi connectivity index (χ2v) is 5.50. The van der Waals surface area contributed by atoms with Crippen LogP contribution in [0.15, 0.2) is 29.2 Å². The van der Waals surface area contributed by atoms with E-state index < -0.39 is 18.0 Å². The molecule has 1 aromatic carbocycles. The first-order valence-corrected chi connectivity index (χ1v) is 6.94. The van der Waals surface area contributed by atoms with Crippen molar-refractivity contribution in [2.45, 2.75) is 10.9 Å². The summed E-state index contributed by atoms with van der Waals surface area (Å²) >= 11 is 0. The van der Waals surface area contributed by atoms with Gasteiger partial charge >= 0.3 is 11.9 Å². The van der Waals surface area contributed by atoms with Crippen LogP contribution in [0.25, 0.3) is 0 Å². The van der Waals surface area contributed by atoms with E-state index in [2.05, 4.69) is 0 Å². The molecule has 92 valence electrons. The molecule has 1 aromatic rings. The Morgan fingerprint density at radius 2 is 1.94 bits per heavy atom. The highest BCUT2D eigenvalue weighted by Crippen LogP contribution is 2.33. The highest BCUT2D eigenvalue weighted by molar-refractivity contribution is 8.76. The lowest BCUT2D eigenvalue weighted by Crippen LogP contribution is -2.32. The van der Waals surface area contributed by atoms with Crippen LogP contribution in [0.1, 0.15) is 10.4 Å². The van der Waals surface area contributed by atoms with Crippen LogP contribution >= 0.6 is 21.6 Å². The zero-order chi connectivity index (χ0) is 12.8. The van der Waals surface area contributed by atoms with E-state index in [1.165, 1.54) is 27.7 Å². The van der Waals surface area contributed by atoms with Gasteiger partial charge in [0.05, 0.1) is 5.56 Å². The van der Waals surface area contributed by atoms with Crippen LogP contribution in [-0.2, 0) is 4.79 Å². The third-order valence-electron chi connectivity index (χ3n) is 1.83. The number of carbonyl (C=O) groups is 2. The summed E-state index contributed by atoms with van der Waals surface area (Å²) in [6.45, 7) is 0. The Balaban J connectivity index is 2.58. The van der Waals surface area contributed by atoms with Crippen molar-refractivity contribution < 1.29 is 19.8 Å². The molecule has 0 aliphatic heterocycles. The van der Waals surface area contributed by atoms with E-state index in [0.29, 0.717) is 4.90 Å². The van der Waals surface area contributed by atoms with E-state index in [4.69, 9.17) is 15.9 Å². The summed E-state index contributed by atoms with van der Waals surface area (Å²) in [4.78, 5) is 21.9. The summed E-state index contributed by atoms with van der Waals surface area (Å²) < 4.78 is 0. The molecular weight excluding hydrogens is 262 g/mol. The molecule has 0 aliphatic rings. The monoisotopic (exact) mass is 273 g/mol. The highest BCUT2D eigenvalue weighted by Gasteiger charge is 2.13. The van der Waals surface area contributed by atoms with Gasteiger partial charge in [-0.15, -0.1) is 0 Å². The second-order valence-electron chi connectivity index (χ2n) is 3.11. The molecule has 0 saturated heterocycles. The minimum Gasteiger partial charge on any atom is -0.480 e. The molecule has 0 fully saturated rings. The Kier molecular flexibility index (Phi) is 5.33. The Morgan fingerprint density at radius 3 is 2.53 bits per heavy atom. The van der Waals surface area contributed by atoms with Crippen molar-refractivity contribution in [3.8, 4) is 0 Å². The van der Waals surface area contributed by atoms with Crippen molar-refractivity contribution in [2.24, 2.45) is 5.73 Å². The van der Waals surface area contributed by atoms with E-state index >= 15 is 0 Å². The average molecular weight is 273 g/mol. The molecule has 1 rings (SSSR count). The van der Waals surface area contributed by atoms with Gasteiger partial charge in [-0.1, -0.05) is 33.7 Å². The highest BCUT2D eigenvalue weighted by atomic mass is 33.1. The van der Waals surface area contributed by atoms with Crippen LogP contribution in [0.3, 0.4) is 0 Å². The number of aliphatic carboxylic acids is 1. The number of hydrogen-bond donors (Lipinski definition) is 3. The maximum absolute atomic E-state index is 10.9. The lowest BCUT2D eigenvalue weighted by atomic mass is 10.2. The van der Waals surface area contributed by atoms with Gasteiger partial charge in [-0.05, 0) is 12.1 Å². The molecule has 0 amide bonds. The van der Waals surface area contributed by atoms with E-state index in [1.54, 1.807) is 18.2 Å². The molecular formula is C10H11NO4S2. The third kappa shape index (κ3) is 4.29. The summed E-state index contributed by atoms with van der Waals surface area (Å²) in [5, 5.41) is 17.5. The lowest BCUT2D eigenvalue weighted by molar-refractivity contribution is -0.137. The fourth-order valence-corrected chi connectivity index (χ4v) is 3.28. The number of benzene rings is 1. The largest absolute Gasteiger partial charge is 0.480 e. The minimum absolute atomic E-state index is 0.203. The molecule has 0 heterocycles. The van der Waals surface area contributed by atoms with Gasteiger partial charge in [0, 0.05) is 10.6 Å². The van der Waals surface area contributed by atoms with Crippen molar-refractivity contribution >= 4 is 33.5 Å².